The molecular formula is C16H30N2O2. The predicted molar refractivity (Wildman–Crippen MR) is 80.7 cm³/mol. The average Bonchev–Trinajstić information content (AvgIpc) is 2.50. The van der Waals surface area contributed by atoms with E-state index in [1.165, 1.54) is 45.6 Å². The summed E-state index contributed by atoms with van der Waals surface area (Å²) in [6.07, 6.45) is 9.28. The van der Waals surface area contributed by atoms with E-state index in [9.17, 15) is 4.79 Å². The summed E-state index contributed by atoms with van der Waals surface area (Å²) in [7, 11) is 1.52. The number of rotatable bonds is 5. The van der Waals surface area contributed by atoms with Crippen molar-refractivity contribution in [2.24, 2.45) is 0 Å². The van der Waals surface area contributed by atoms with Crippen molar-refractivity contribution in [2.45, 2.75) is 69.9 Å². The fourth-order valence-corrected chi connectivity index (χ4v) is 3.72. The van der Waals surface area contributed by atoms with Crippen LogP contribution in [0.4, 0.5) is 0 Å². The average molecular weight is 282 g/mol. The molecule has 20 heavy (non-hydrogen) atoms. The number of hydrogen-bond acceptors (Lipinski definition) is 4. The van der Waals surface area contributed by atoms with Crippen LogP contribution in [0.1, 0.15) is 58.3 Å². The molecule has 0 aromatic carbocycles. The zero-order valence-electron chi connectivity index (χ0n) is 13.1. The second-order valence-corrected chi connectivity index (χ2v) is 6.39. The van der Waals surface area contributed by atoms with Crippen LogP contribution in [-0.2, 0) is 9.53 Å². The maximum absolute atomic E-state index is 12.3. The molecule has 116 valence electrons. The van der Waals surface area contributed by atoms with E-state index in [1.807, 2.05) is 0 Å². The molecule has 0 spiro atoms. The Morgan fingerprint density at radius 3 is 2.45 bits per heavy atom. The number of piperidine rings is 1. The number of nitrogens with zero attached hydrogens (tertiary/aromatic N) is 1. The number of likely N-dealkylation sites (tertiary alicyclic amines) is 1. The van der Waals surface area contributed by atoms with Crippen LogP contribution in [0.25, 0.3) is 0 Å². The van der Waals surface area contributed by atoms with Crippen molar-refractivity contribution in [1.82, 2.24) is 10.2 Å². The molecule has 0 radical (unpaired) electrons. The first kappa shape index (κ1) is 15.8. The highest BCUT2D eigenvalue weighted by Crippen LogP contribution is 2.28. The number of nitrogens with one attached hydrogen (secondary N) is 1. The van der Waals surface area contributed by atoms with E-state index in [2.05, 4.69) is 17.1 Å². The second kappa shape index (κ2) is 7.41. The van der Waals surface area contributed by atoms with E-state index in [1.54, 1.807) is 0 Å². The number of carbonyl (C=O) groups excluding carboxylic acids is 1. The topological polar surface area (TPSA) is 41.6 Å². The van der Waals surface area contributed by atoms with Gasteiger partial charge in [-0.1, -0.05) is 26.2 Å². The van der Waals surface area contributed by atoms with Crippen molar-refractivity contribution in [2.75, 3.05) is 26.7 Å². The highest BCUT2D eigenvalue weighted by atomic mass is 16.5. The SMILES string of the molecule is CCCN1CCC(NC2CCCCC2)(C(=O)OC)CC1. The molecule has 1 saturated carbocycles. The summed E-state index contributed by atoms with van der Waals surface area (Å²) in [4.78, 5) is 14.8. The van der Waals surface area contributed by atoms with Crippen LogP contribution >= 0.6 is 0 Å². The van der Waals surface area contributed by atoms with Crippen LogP contribution in [0.2, 0.25) is 0 Å². The van der Waals surface area contributed by atoms with Gasteiger partial charge in [0.2, 0.25) is 0 Å². The van der Waals surface area contributed by atoms with E-state index in [-0.39, 0.29) is 5.97 Å². The first-order chi connectivity index (χ1) is 9.70. The van der Waals surface area contributed by atoms with Gasteiger partial charge in [0.1, 0.15) is 5.54 Å². The molecular weight excluding hydrogens is 252 g/mol. The van der Waals surface area contributed by atoms with E-state index in [0.717, 1.165) is 32.5 Å². The Hall–Kier alpha value is -0.610. The van der Waals surface area contributed by atoms with Gasteiger partial charge in [0, 0.05) is 19.1 Å². The van der Waals surface area contributed by atoms with Crippen LogP contribution in [0.15, 0.2) is 0 Å². The molecule has 1 heterocycles. The fourth-order valence-electron chi connectivity index (χ4n) is 3.72. The van der Waals surface area contributed by atoms with Crippen LogP contribution in [0, 0.1) is 0 Å². The summed E-state index contributed by atoms with van der Waals surface area (Å²) < 4.78 is 5.11. The summed E-state index contributed by atoms with van der Waals surface area (Å²) in [6, 6.07) is 0.501. The van der Waals surface area contributed by atoms with Gasteiger partial charge in [0.15, 0.2) is 0 Å². The lowest BCUT2D eigenvalue weighted by atomic mass is 9.84. The monoisotopic (exact) mass is 282 g/mol. The van der Waals surface area contributed by atoms with Gasteiger partial charge in [0.25, 0.3) is 0 Å². The first-order valence-electron chi connectivity index (χ1n) is 8.28. The van der Waals surface area contributed by atoms with Crippen LogP contribution in [0.5, 0.6) is 0 Å². The minimum atomic E-state index is -0.430. The molecule has 1 aliphatic carbocycles. The number of esters is 1. The van der Waals surface area contributed by atoms with Gasteiger partial charge in [-0.15, -0.1) is 0 Å². The molecule has 1 aliphatic heterocycles. The summed E-state index contributed by atoms with van der Waals surface area (Å²) in [5.74, 6) is -0.0563. The van der Waals surface area contributed by atoms with Crippen molar-refractivity contribution in [1.29, 1.82) is 0 Å². The van der Waals surface area contributed by atoms with Crippen molar-refractivity contribution in [3.63, 3.8) is 0 Å². The van der Waals surface area contributed by atoms with Crippen LogP contribution in [0.3, 0.4) is 0 Å². The van der Waals surface area contributed by atoms with Gasteiger partial charge in [-0.05, 0) is 38.6 Å². The first-order valence-corrected chi connectivity index (χ1v) is 8.28. The normalized spacial score (nSPS) is 24.5. The molecule has 0 bridgehead atoms. The highest BCUT2D eigenvalue weighted by Gasteiger charge is 2.43. The smallest absolute Gasteiger partial charge is 0.326 e. The minimum Gasteiger partial charge on any atom is -0.468 e. The number of hydrogen-bond donors (Lipinski definition) is 1. The third kappa shape index (κ3) is 3.73. The van der Waals surface area contributed by atoms with Gasteiger partial charge in [-0.3, -0.25) is 10.1 Å². The standard InChI is InChI=1S/C16H30N2O2/c1-3-11-18-12-9-16(10-13-18,15(19)20-2)17-14-7-5-4-6-8-14/h14,17H,3-13H2,1-2H3. The quantitative estimate of drug-likeness (QED) is 0.786. The molecule has 1 saturated heterocycles. The van der Waals surface area contributed by atoms with Gasteiger partial charge in [-0.25, -0.2) is 0 Å². The Bertz CT molecular complexity index is 306. The van der Waals surface area contributed by atoms with Crippen molar-refractivity contribution in [3.8, 4) is 0 Å². The molecule has 0 aromatic heterocycles. The highest BCUT2D eigenvalue weighted by molar-refractivity contribution is 5.81. The third-order valence-corrected chi connectivity index (χ3v) is 4.91. The van der Waals surface area contributed by atoms with Gasteiger partial charge in [-0.2, -0.15) is 0 Å². The number of ether oxygens (including phenoxy) is 1. The molecule has 1 N–H and O–H groups in total. The third-order valence-electron chi connectivity index (χ3n) is 4.91. The van der Waals surface area contributed by atoms with Gasteiger partial charge in [0.05, 0.1) is 7.11 Å². The second-order valence-electron chi connectivity index (χ2n) is 6.39. The molecule has 4 nitrogen and oxygen atoms in total. The Balaban J connectivity index is 1.97. The molecule has 4 heteroatoms. The van der Waals surface area contributed by atoms with Crippen LogP contribution in [-0.4, -0.2) is 49.2 Å². The van der Waals surface area contributed by atoms with Gasteiger partial charge < -0.3 is 9.64 Å². The maximum Gasteiger partial charge on any atom is 0.326 e. The predicted octanol–water partition coefficient (Wildman–Crippen LogP) is 2.33. The molecule has 0 atom stereocenters. The molecule has 0 aromatic rings. The Kier molecular flexibility index (Phi) is 5.85. The summed E-state index contributed by atoms with van der Waals surface area (Å²) in [5, 5.41) is 3.68. The van der Waals surface area contributed by atoms with E-state index in [0.29, 0.717) is 6.04 Å². The lowest BCUT2D eigenvalue weighted by Gasteiger charge is -2.43. The summed E-state index contributed by atoms with van der Waals surface area (Å²) >= 11 is 0. The Morgan fingerprint density at radius 1 is 1.25 bits per heavy atom. The van der Waals surface area contributed by atoms with E-state index in [4.69, 9.17) is 4.74 Å². The van der Waals surface area contributed by atoms with Crippen molar-refractivity contribution < 1.29 is 9.53 Å². The molecule has 2 rings (SSSR count). The Morgan fingerprint density at radius 2 is 1.90 bits per heavy atom. The summed E-state index contributed by atoms with van der Waals surface area (Å²) in [5.41, 5.74) is -0.430. The van der Waals surface area contributed by atoms with Crippen molar-refractivity contribution in [3.05, 3.63) is 0 Å². The molecule has 0 amide bonds. The molecule has 2 aliphatic rings. The molecule has 2 fully saturated rings. The lowest BCUT2D eigenvalue weighted by Crippen LogP contribution is -2.61. The lowest BCUT2D eigenvalue weighted by molar-refractivity contribution is -0.151. The van der Waals surface area contributed by atoms with Gasteiger partial charge >= 0.3 is 5.97 Å². The molecule has 0 unspecified atom stereocenters. The van der Waals surface area contributed by atoms with E-state index >= 15 is 0 Å². The fraction of sp³-hybridized carbons (Fsp3) is 0.938. The summed E-state index contributed by atoms with van der Waals surface area (Å²) in [6.45, 7) is 5.36. The number of carbonyl (C=O) groups is 1. The Labute approximate surface area is 123 Å². The number of methoxy groups -OCH3 is 1. The maximum atomic E-state index is 12.3. The van der Waals surface area contributed by atoms with Crippen molar-refractivity contribution >= 4 is 5.97 Å². The zero-order valence-corrected chi connectivity index (χ0v) is 13.1. The zero-order chi connectivity index (χ0) is 14.4. The minimum absolute atomic E-state index is 0.0563. The van der Waals surface area contributed by atoms with Crippen LogP contribution < -0.4 is 5.32 Å². The largest absolute Gasteiger partial charge is 0.468 e. The van der Waals surface area contributed by atoms with E-state index < -0.39 is 5.54 Å².